The minimum atomic E-state index is -0.423. The van der Waals surface area contributed by atoms with Crippen molar-refractivity contribution in [3.05, 3.63) is 47.3 Å². The lowest BCUT2D eigenvalue weighted by Crippen LogP contribution is -2.14. The molecule has 0 fully saturated rings. The Morgan fingerprint density at radius 3 is 2.58 bits per heavy atom. The van der Waals surface area contributed by atoms with Gasteiger partial charge in [0.1, 0.15) is 0 Å². The van der Waals surface area contributed by atoms with Gasteiger partial charge >= 0.3 is 0 Å². The van der Waals surface area contributed by atoms with E-state index in [9.17, 15) is 4.79 Å². The van der Waals surface area contributed by atoms with E-state index in [4.69, 9.17) is 5.73 Å². The van der Waals surface area contributed by atoms with Crippen LogP contribution in [0.3, 0.4) is 0 Å². The third kappa shape index (κ3) is 2.14. The number of hydrogen-bond donors (Lipinski definition) is 1. The molecule has 2 N–H and O–H groups in total. The highest BCUT2D eigenvalue weighted by Crippen LogP contribution is 2.26. The van der Waals surface area contributed by atoms with Crippen LogP contribution in [0.1, 0.15) is 41.0 Å². The van der Waals surface area contributed by atoms with Crippen LogP contribution in [0.5, 0.6) is 0 Å². The number of para-hydroxylation sites is 1. The van der Waals surface area contributed by atoms with Crippen molar-refractivity contribution in [1.29, 1.82) is 0 Å². The van der Waals surface area contributed by atoms with E-state index in [1.165, 1.54) is 6.42 Å². The molecule has 0 bridgehead atoms. The van der Waals surface area contributed by atoms with Gasteiger partial charge in [0, 0.05) is 11.3 Å². The van der Waals surface area contributed by atoms with Gasteiger partial charge in [-0.3, -0.25) is 4.79 Å². The second-order valence-corrected chi connectivity index (χ2v) is 4.95. The minimum absolute atomic E-state index is 0.423. The van der Waals surface area contributed by atoms with E-state index < -0.39 is 5.91 Å². The lowest BCUT2D eigenvalue weighted by molar-refractivity contribution is 0.0994. The summed E-state index contributed by atoms with van der Waals surface area (Å²) in [4.78, 5) is 11.6. The second-order valence-electron chi connectivity index (χ2n) is 4.95. The Hall–Kier alpha value is -2.10. The van der Waals surface area contributed by atoms with Gasteiger partial charge in [0.2, 0.25) is 0 Å². The number of nitrogens with two attached hydrogens (primary N) is 1. The third-order valence-electron chi connectivity index (χ3n) is 3.66. The Morgan fingerprint density at radius 2 is 1.84 bits per heavy atom. The fourth-order valence-electron chi connectivity index (χ4n) is 2.76. The maximum absolute atomic E-state index is 11.6. The SMILES string of the molecule is NC(=O)c1nn(-c2ccccc2)c2c1CCCCC2. The van der Waals surface area contributed by atoms with Gasteiger partial charge in [-0.1, -0.05) is 24.6 Å². The van der Waals surface area contributed by atoms with E-state index in [1.54, 1.807) is 0 Å². The molecule has 0 spiro atoms. The summed E-state index contributed by atoms with van der Waals surface area (Å²) in [6.07, 6.45) is 5.31. The molecule has 19 heavy (non-hydrogen) atoms. The van der Waals surface area contributed by atoms with Crippen LogP contribution in [-0.2, 0) is 12.8 Å². The number of benzene rings is 1. The monoisotopic (exact) mass is 255 g/mol. The Kier molecular flexibility index (Phi) is 3.07. The van der Waals surface area contributed by atoms with Crippen LogP contribution in [0.25, 0.3) is 5.69 Å². The molecule has 2 aromatic rings. The summed E-state index contributed by atoms with van der Waals surface area (Å²) < 4.78 is 1.89. The standard InChI is InChI=1S/C15H17N3O/c16-15(19)14-12-9-5-2-6-10-13(12)18(17-14)11-7-3-1-4-8-11/h1,3-4,7-8H,2,5-6,9-10H2,(H2,16,19). The summed E-state index contributed by atoms with van der Waals surface area (Å²) in [6.45, 7) is 0. The van der Waals surface area contributed by atoms with Gasteiger partial charge in [0.15, 0.2) is 5.69 Å². The molecule has 0 radical (unpaired) electrons. The smallest absolute Gasteiger partial charge is 0.269 e. The van der Waals surface area contributed by atoms with Crippen molar-refractivity contribution < 1.29 is 4.79 Å². The number of hydrogen-bond acceptors (Lipinski definition) is 2. The predicted molar refractivity (Wildman–Crippen MR) is 73.3 cm³/mol. The molecule has 1 aromatic heterocycles. The molecule has 98 valence electrons. The highest BCUT2D eigenvalue weighted by Gasteiger charge is 2.23. The van der Waals surface area contributed by atoms with Crippen molar-refractivity contribution in [2.24, 2.45) is 5.73 Å². The highest BCUT2D eigenvalue weighted by molar-refractivity contribution is 5.92. The lowest BCUT2D eigenvalue weighted by atomic mass is 10.1. The van der Waals surface area contributed by atoms with E-state index in [1.807, 2.05) is 35.0 Å². The van der Waals surface area contributed by atoms with E-state index >= 15 is 0 Å². The molecule has 0 saturated carbocycles. The summed E-state index contributed by atoms with van der Waals surface area (Å²) in [5.41, 5.74) is 9.10. The van der Waals surface area contributed by atoms with Crippen molar-refractivity contribution in [2.75, 3.05) is 0 Å². The molecular weight excluding hydrogens is 238 g/mol. The fraction of sp³-hybridized carbons (Fsp3) is 0.333. The third-order valence-corrected chi connectivity index (χ3v) is 3.66. The zero-order valence-corrected chi connectivity index (χ0v) is 10.8. The first-order valence-corrected chi connectivity index (χ1v) is 6.73. The van der Waals surface area contributed by atoms with E-state index in [2.05, 4.69) is 5.10 Å². The molecule has 0 unspecified atom stereocenters. The molecule has 1 aromatic carbocycles. The van der Waals surface area contributed by atoms with Gasteiger partial charge < -0.3 is 5.73 Å². The van der Waals surface area contributed by atoms with Gasteiger partial charge in [-0.2, -0.15) is 5.10 Å². The van der Waals surface area contributed by atoms with Gasteiger partial charge in [0.25, 0.3) is 5.91 Å². The summed E-state index contributed by atoms with van der Waals surface area (Å²) in [6, 6.07) is 9.93. The molecule has 3 rings (SSSR count). The number of amides is 1. The van der Waals surface area contributed by atoms with Crippen molar-refractivity contribution in [3.63, 3.8) is 0 Å². The highest BCUT2D eigenvalue weighted by atomic mass is 16.1. The predicted octanol–water partition coefficient (Wildman–Crippen LogP) is 2.24. The molecular formula is C15H17N3O. The van der Waals surface area contributed by atoms with E-state index in [0.717, 1.165) is 42.6 Å². The maximum atomic E-state index is 11.6. The van der Waals surface area contributed by atoms with E-state index in [-0.39, 0.29) is 0 Å². The first-order chi connectivity index (χ1) is 9.27. The number of primary amides is 1. The summed E-state index contributed by atoms with van der Waals surface area (Å²) >= 11 is 0. The van der Waals surface area contributed by atoms with Crippen molar-refractivity contribution in [3.8, 4) is 5.69 Å². The quantitative estimate of drug-likeness (QED) is 0.836. The van der Waals surface area contributed by atoms with Crippen LogP contribution >= 0.6 is 0 Å². The normalized spacial score (nSPS) is 14.7. The number of fused-ring (bicyclic) bond motifs is 1. The summed E-state index contributed by atoms with van der Waals surface area (Å²) in [5, 5.41) is 4.45. The zero-order chi connectivity index (χ0) is 13.2. The van der Waals surface area contributed by atoms with Crippen LogP contribution in [0.15, 0.2) is 30.3 Å². The van der Waals surface area contributed by atoms with Crippen LogP contribution in [0, 0.1) is 0 Å². The Bertz CT molecular complexity index is 601. The molecule has 4 heteroatoms. The second kappa shape index (κ2) is 4.88. The summed E-state index contributed by atoms with van der Waals surface area (Å²) in [5.74, 6) is -0.423. The van der Waals surface area contributed by atoms with Crippen molar-refractivity contribution in [2.45, 2.75) is 32.1 Å². The van der Waals surface area contributed by atoms with Crippen molar-refractivity contribution in [1.82, 2.24) is 9.78 Å². The zero-order valence-electron chi connectivity index (χ0n) is 10.8. The van der Waals surface area contributed by atoms with Crippen LogP contribution < -0.4 is 5.73 Å². The topological polar surface area (TPSA) is 60.9 Å². The molecule has 1 amide bonds. The summed E-state index contributed by atoms with van der Waals surface area (Å²) in [7, 11) is 0. The largest absolute Gasteiger partial charge is 0.364 e. The van der Waals surface area contributed by atoms with Gasteiger partial charge in [-0.05, 0) is 37.8 Å². The lowest BCUT2D eigenvalue weighted by Gasteiger charge is -2.06. The molecule has 0 saturated heterocycles. The Labute approximate surface area is 112 Å². The molecule has 4 nitrogen and oxygen atoms in total. The number of nitrogens with zero attached hydrogens (tertiary/aromatic N) is 2. The Balaban J connectivity index is 2.17. The average molecular weight is 255 g/mol. The number of rotatable bonds is 2. The average Bonchev–Trinajstić information content (AvgIpc) is 2.62. The van der Waals surface area contributed by atoms with E-state index in [0.29, 0.717) is 5.69 Å². The van der Waals surface area contributed by atoms with Crippen LogP contribution in [0.4, 0.5) is 0 Å². The molecule has 1 aliphatic rings. The fourth-order valence-corrected chi connectivity index (χ4v) is 2.76. The van der Waals surface area contributed by atoms with Crippen LogP contribution in [-0.4, -0.2) is 15.7 Å². The maximum Gasteiger partial charge on any atom is 0.269 e. The van der Waals surface area contributed by atoms with Gasteiger partial charge in [-0.15, -0.1) is 0 Å². The number of carbonyl (C=O) groups excluding carboxylic acids is 1. The number of carbonyl (C=O) groups is 1. The molecule has 1 aliphatic carbocycles. The van der Waals surface area contributed by atoms with Gasteiger partial charge in [0.05, 0.1) is 5.69 Å². The first kappa shape index (κ1) is 12.0. The number of aromatic nitrogens is 2. The minimum Gasteiger partial charge on any atom is -0.364 e. The first-order valence-electron chi connectivity index (χ1n) is 6.73. The molecule has 0 atom stereocenters. The van der Waals surface area contributed by atoms with Crippen molar-refractivity contribution >= 4 is 5.91 Å². The van der Waals surface area contributed by atoms with Crippen LogP contribution in [0.2, 0.25) is 0 Å². The Morgan fingerprint density at radius 1 is 1.11 bits per heavy atom. The molecule has 0 aliphatic heterocycles. The van der Waals surface area contributed by atoms with Gasteiger partial charge in [-0.25, -0.2) is 4.68 Å². The molecule has 1 heterocycles.